The van der Waals surface area contributed by atoms with Gasteiger partial charge in [-0.2, -0.15) is 0 Å². The van der Waals surface area contributed by atoms with Gasteiger partial charge in [0.15, 0.2) is 0 Å². The van der Waals surface area contributed by atoms with E-state index in [0.717, 1.165) is 28.4 Å². The topological polar surface area (TPSA) is 39.4 Å². The molecular formula is C21H27O3Sb. The molecule has 0 amide bonds. The first-order valence-electron chi connectivity index (χ1n) is 8.96. The standard InChI is InChI=1S/3C7H9O.Sb/c3*1-6(2)7-4-3-5-8-7;/h3*3-4,6H,1-2H3;. The van der Waals surface area contributed by atoms with Crippen LogP contribution in [-0.4, -0.2) is 20.2 Å². The number of rotatable bonds is 6. The number of hydrogen-bond acceptors (Lipinski definition) is 3. The zero-order valence-electron chi connectivity index (χ0n) is 15.9. The van der Waals surface area contributed by atoms with Crippen LogP contribution in [-0.2, 0) is 0 Å². The van der Waals surface area contributed by atoms with Crippen LogP contribution in [0, 0.1) is 0 Å². The molecule has 0 saturated heterocycles. The van der Waals surface area contributed by atoms with E-state index in [1.54, 1.807) is 0 Å². The predicted octanol–water partition coefficient (Wildman–Crippen LogP) is 4.35. The van der Waals surface area contributed by atoms with Gasteiger partial charge in [-0.05, 0) is 0 Å². The number of furan rings is 3. The Labute approximate surface area is 157 Å². The molecule has 0 aliphatic rings. The average molecular weight is 449 g/mol. The molecule has 3 nitrogen and oxygen atoms in total. The van der Waals surface area contributed by atoms with E-state index in [9.17, 15) is 0 Å². The van der Waals surface area contributed by atoms with Crippen LogP contribution in [0.15, 0.2) is 49.6 Å². The maximum atomic E-state index is 6.22. The van der Waals surface area contributed by atoms with E-state index in [2.05, 4.69) is 77.9 Å². The SMILES string of the molecule is CC(C)c1cc[c]([Sb]([c]2ccc(C(C)C)o2)[c]2ccc(C(C)C)o2)o1. The van der Waals surface area contributed by atoms with Crippen molar-refractivity contribution in [2.75, 3.05) is 0 Å². The van der Waals surface area contributed by atoms with E-state index < -0.39 is 20.2 Å². The van der Waals surface area contributed by atoms with Gasteiger partial charge < -0.3 is 0 Å². The van der Waals surface area contributed by atoms with E-state index in [4.69, 9.17) is 13.3 Å². The Bertz CT molecular complexity index is 710. The van der Waals surface area contributed by atoms with E-state index >= 15 is 0 Å². The third-order valence-electron chi connectivity index (χ3n) is 4.21. The van der Waals surface area contributed by atoms with Crippen LogP contribution < -0.4 is 11.1 Å². The molecule has 0 aliphatic heterocycles. The summed E-state index contributed by atoms with van der Waals surface area (Å²) >= 11 is -2.42. The third-order valence-corrected chi connectivity index (χ3v) is 10.0. The van der Waals surface area contributed by atoms with Gasteiger partial charge in [0.25, 0.3) is 0 Å². The molecule has 0 fully saturated rings. The first-order chi connectivity index (χ1) is 11.9. The molecule has 3 heterocycles. The van der Waals surface area contributed by atoms with Crippen molar-refractivity contribution in [1.82, 2.24) is 0 Å². The second-order valence-electron chi connectivity index (χ2n) is 7.33. The van der Waals surface area contributed by atoms with Gasteiger partial charge in [0.2, 0.25) is 0 Å². The fourth-order valence-electron chi connectivity index (χ4n) is 2.64. The molecule has 3 aromatic heterocycles. The maximum absolute atomic E-state index is 6.22. The van der Waals surface area contributed by atoms with Crippen LogP contribution in [0.25, 0.3) is 0 Å². The Kier molecular flexibility index (Phi) is 5.53. The first-order valence-corrected chi connectivity index (χ1v) is 12.8. The Morgan fingerprint density at radius 1 is 0.520 bits per heavy atom. The summed E-state index contributed by atoms with van der Waals surface area (Å²) in [6.07, 6.45) is 0. The molecule has 0 N–H and O–H groups in total. The molecule has 0 spiro atoms. The second kappa shape index (κ2) is 7.49. The molecule has 0 atom stereocenters. The average Bonchev–Trinajstić information content (AvgIpc) is 3.28. The normalized spacial score (nSPS) is 12.2. The van der Waals surface area contributed by atoms with Gasteiger partial charge >= 0.3 is 158 Å². The van der Waals surface area contributed by atoms with Crippen molar-refractivity contribution in [2.45, 2.75) is 59.3 Å². The summed E-state index contributed by atoms with van der Waals surface area (Å²) in [5, 5.41) is 0. The van der Waals surface area contributed by atoms with Crippen molar-refractivity contribution in [3.05, 3.63) is 53.7 Å². The molecular weight excluding hydrogens is 422 g/mol. The van der Waals surface area contributed by atoms with E-state index in [1.807, 2.05) is 0 Å². The van der Waals surface area contributed by atoms with E-state index in [0.29, 0.717) is 17.8 Å². The summed E-state index contributed by atoms with van der Waals surface area (Å²) in [6, 6.07) is 12.6. The van der Waals surface area contributed by atoms with Crippen LogP contribution in [0.1, 0.15) is 76.6 Å². The summed E-state index contributed by atoms with van der Waals surface area (Å²) in [4.78, 5) is 0. The minimum absolute atomic E-state index is 0.377. The summed E-state index contributed by atoms with van der Waals surface area (Å²) in [6.45, 7) is 12.9. The molecule has 0 aliphatic carbocycles. The van der Waals surface area contributed by atoms with Crippen LogP contribution >= 0.6 is 0 Å². The van der Waals surface area contributed by atoms with Gasteiger partial charge in [0.05, 0.1) is 0 Å². The van der Waals surface area contributed by atoms with Gasteiger partial charge in [0.1, 0.15) is 0 Å². The van der Waals surface area contributed by atoms with E-state index in [1.165, 1.54) is 0 Å². The van der Waals surface area contributed by atoms with Gasteiger partial charge in [0, 0.05) is 0 Å². The molecule has 0 radical (unpaired) electrons. The second-order valence-corrected chi connectivity index (χ2v) is 13.0. The molecule has 134 valence electrons. The Hall–Kier alpha value is -1.34. The summed E-state index contributed by atoms with van der Waals surface area (Å²) in [7, 11) is 0. The molecule has 25 heavy (non-hydrogen) atoms. The van der Waals surface area contributed by atoms with Crippen LogP contribution in [0.2, 0.25) is 0 Å². The molecule has 0 saturated carbocycles. The van der Waals surface area contributed by atoms with Gasteiger partial charge in [-0.15, -0.1) is 0 Å². The Balaban J connectivity index is 2.05. The molecule has 3 rings (SSSR count). The third kappa shape index (κ3) is 3.92. The molecule has 3 aromatic rings. The van der Waals surface area contributed by atoms with Crippen LogP contribution in [0.3, 0.4) is 0 Å². The summed E-state index contributed by atoms with van der Waals surface area (Å²) < 4.78 is 21.8. The molecule has 0 unspecified atom stereocenters. The monoisotopic (exact) mass is 448 g/mol. The summed E-state index contributed by atoms with van der Waals surface area (Å²) in [5.74, 6) is 4.20. The molecule has 0 bridgehead atoms. The van der Waals surface area contributed by atoms with Crippen molar-refractivity contribution >= 4 is 31.3 Å². The quantitative estimate of drug-likeness (QED) is 0.526. The van der Waals surface area contributed by atoms with Gasteiger partial charge in [-0.3, -0.25) is 0 Å². The van der Waals surface area contributed by atoms with Crippen molar-refractivity contribution in [3.63, 3.8) is 0 Å². The van der Waals surface area contributed by atoms with Gasteiger partial charge in [-0.25, -0.2) is 0 Å². The Morgan fingerprint density at radius 3 is 1.00 bits per heavy atom. The number of hydrogen-bond donors (Lipinski definition) is 0. The first kappa shape index (κ1) is 18.4. The zero-order chi connectivity index (χ0) is 18.1. The fourth-order valence-corrected chi connectivity index (χ4v) is 8.10. The van der Waals surface area contributed by atoms with Crippen molar-refractivity contribution < 1.29 is 13.3 Å². The zero-order valence-corrected chi connectivity index (χ0v) is 18.4. The Morgan fingerprint density at radius 2 is 0.800 bits per heavy atom. The predicted molar refractivity (Wildman–Crippen MR) is 103 cm³/mol. The minimum atomic E-state index is -2.42. The van der Waals surface area contributed by atoms with Crippen molar-refractivity contribution in [3.8, 4) is 0 Å². The molecule has 0 aromatic carbocycles. The summed E-state index contributed by atoms with van der Waals surface area (Å²) in [5.41, 5.74) is 0. The van der Waals surface area contributed by atoms with Crippen LogP contribution in [0.4, 0.5) is 0 Å². The van der Waals surface area contributed by atoms with Crippen LogP contribution in [0.5, 0.6) is 0 Å². The fraction of sp³-hybridized carbons (Fsp3) is 0.429. The van der Waals surface area contributed by atoms with Crippen molar-refractivity contribution in [1.29, 1.82) is 0 Å². The molecule has 4 heteroatoms. The van der Waals surface area contributed by atoms with E-state index in [-0.39, 0.29) is 0 Å². The van der Waals surface area contributed by atoms with Crippen molar-refractivity contribution in [2.24, 2.45) is 0 Å². The van der Waals surface area contributed by atoms with Gasteiger partial charge in [-0.1, -0.05) is 0 Å².